The lowest BCUT2D eigenvalue weighted by Crippen LogP contribution is -2.59. The summed E-state index contributed by atoms with van der Waals surface area (Å²) < 4.78 is 4.85. The lowest BCUT2D eigenvalue weighted by atomic mass is 10.1. The highest BCUT2D eigenvalue weighted by atomic mass is 35.5. The molecule has 1 fully saturated rings. The number of aromatic nitrogens is 3. The normalized spacial score (nSPS) is 17.3. The summed E-state index contributed by atoms with van der Waals surface area (Å²) in [4.78, 5) is 5.99. The summed E-state index contributed by atoms with van der Waals surface area (Å²) in [6.07, 6.45) is -0.497. The minimum Gasteiger partial charge on any atom is -0.389 e. The molecule has 0 radical (unpaired) electrons. The highest BCUT2D eigenvalue weighted by Crippen LogP contribution is 2.19. The van der Waals surface area contributed by atoms with E-state index in [1.807, 2.05) is 4.90 Å². The molecule has 1 saturated heterocycles. The van der Waals surface area contributed by atoms with Crippen molar-refractivity contribution in [2.75, 3.05) is 44.0 Å². The number of nitrogens with zero attached hydrogens (tertiary/aromatic N) is 4. The van der Waals surface area contributed by atoms with E-state index in [2.05, 4.69) is 20.5 Å². The van der Waals surface area contributed by atoms with E-state index in [-0.39, 0.29) is 17.0 Å². The number of aliphatic hydroxyl groups is 1. The zero-order valence-electron chi connectivity index (χ0n) is 10.6. The molecule has 0 amide bonds. The number of anilines is 2. The second-order valence-corrected chi connectivity index (χ2v) is 4.77. The van der Waals surface area contributed by atoms with Crippen LogP contribution in [0.2, 0.25) is 5.15 Å². The second kappa shape index (κ2) is 6.29. The van der Waals surface area contributed by atoms with E-state index in [0.717, 1.165) is 13.1 Å². The predicted octanol–water partition coefficient (Wildman–Crippen LogP) is -1.11. The fourth-order valence-electron chi connectivity index (χ4n) is 1.78. The van der Waals surface area contributed by atoms with Gasteiger partial charge in [-0.3, -0.25) is 0 Å². The third-order valence-electron chi connectivity index (χ3n) is 2.82. The van der Waals surface area contributed by atoms with E-state index in [4.69, 9.17) is 22.1 Å². The van der Waals surface area contributed by atoms with Crippen LogP contribution in [0.15, 0.2) is 0 Å². The Labute approximate surface area is 115 Å². The van der Waals surface area contributed by atoms with Crippen LogP contribution in [-0.2, 0) is 4.74 Å². The quantitative estimate of drug-likeness (QED) is 0.605. The van der Waals surface area contributed by atoms with Crippen molar-refractivity contribution in [1.29, 1.82) is 0 Å². The summed E-state index contributed by atoms with van der Waals surface area (Å²) in [6, 6.07) is 0.284. The van der Waals surface area contributed by atoms with E-state index in [0.29, 0.717) is 19.1 Å². The molecule has 0 aliphatic carbocycles. The summed E-state index contributed by atoms with van der Waals surface area (Å²) >= 11 is 5.66. The number of aliphatic hydroxyl groups excluding tert-OH is 1. The molecule has 1 aliphatic rings. The molecule has 1 aliphatic heterocycles. The first-order valence-corrected chi connectivity index (χ1v) is 6.29. The topological polar surface area (TPSA) is 109 Å². The summed E-state index contributed by atoms with van der Waals surface area (Å²) in [7, 11) is 1.56. The van der Waals surface area contributed by atoms with Crippen molar-refractivity contribution in [1.82, 2.24) is 20.5 Å². The van der Waals surface area contributed by atoms with Crippen LogP contribution in [0.5, 0.6) is 0 Å². The second-order valence-electron chi connectivity index (χ2n) is 4.41. The molecule has 1 atom stereocenters. The SMILES string of the molecule is COCC(O)CNC1CN(c2nnc(Cl)c(N)n2)C1. The summed E-state index contributed by atoms with van der Waals surface area (Å²) in [5.74, 6) is 0.649. The van der Waals surface area contributed by atoms with Gasteiger partial charge in [-0.2, -0.15) is 4.98 Å². The Morgan fingerprint density at radius 1 is 1.58 bits per heavy atom. The number of methoxy groups -OCH3 is 1. The molecule has 2 rings (SSSR count). The molecule has 1 aromatic heterocycles. The molecule has 9 heteroatoms. The standard InChI is InChI=1S/C10H17ClN6O2/c1-19-5-7(18)2-13-6-3-17(4-6)10-14-9(12)8(11)15-16-10/h6-7,13,18H,2-5H2,1H3,(H2,12,14,16). The third kappa shape index (κ3) is 3.63. The van der Waals surface area contributed by atoms with Gasteiger partial charge in [0.15, 0.2) is 11.0 Å². The Hall–Kier alpha value is -1.22. The van der Waals surface area contributed by atoms with Gasteiger partial charge in [-0.25, -0.2) is 0 Å². The summed E-state index contributed by atoms with van der Waals surface area (Å²) in [5, 5.41) is 20.4. The number of ether oxygens (including phenoxy) is 1. The molecule has 1 aromatic rings. The molecule has 2 heterocycles. The third-order valence-corrected chi connectivity index (χ3v) is 3.09. The van der Waals surface area contributed by atoms with Crippen LogP contribution in [0.1, 0.15) is 0 Å². The van der Waals surface area contributed by atoms with Gasteiger partial charge >= 0.3 is 0 Å². The van der Waals surface area contributed by atoms with Crippen molar-refractivity contribution >= 4 is 23.4 Å². The number of nitrogens with one attached hydrogen (secondary N) is 1. The van der Waals surface area contributed by atoms with Crippen LogP contribution in [0.4, 0.5) is 11.8 Å². The fourth-order valence-corrected chi connectivity index (χ4v) is 1.86. The first kappa shape index (κ1) is 14.2. The molecule has 19 heavy (non-hydrogen) atoms. The fraction of sp³-hybridized carbons (Fsp3) is 0.700. The van der Waals surface area contributed by atoms with Crippen molar-refractivity contribution in [2.24, 2.45) is 0 Å². The highest BCUT2D eigenvalue weighted by molar-refractivity contribution is 6.31. The van der Waals surface area contributed by atoms with Crippen LogP contribution in [0.3, 0.4) is 0 Å². The number of nitrogen functional groups attached to an aromatic ring is 1. The molecule has 4 N–H and O–H groups in total. The van der Waals surface area contributed by atoms with Crippen LogP contribution in [0, 0.1) is 0 Å². The average molecular weight is 289 g/mol. The molecular formula is C10H17ClN6O2. The number of halogens is 1. The van der Waals surface area contributed by atoms with Crippen molar-refractivity contribution < 1.29 is 9.84 Å². The van der Waals surface area contributed by atoms with Crippen LogP contribution in [0.25, 0.3) is 0 Å². The Balaban J connectivity index is 1.75. The number of rotatable bonds is 6. The Kier molecular flexibility index (Phi) is 4.70. The van der Waals surface area contributed by atoms with Gasteiger partial charge in [0.1, 0.15) is 0 Å². The monoisotopic (exact) mass is 288 g/mol. The van der Waals surface area contributed by atoms with Gasteiger partial charge in [-0.1, -0.05) is 11.6 Å². The number of nitrogens with two attached hydrogens (primary N) is 1. The van der Waals surface area contributed by atoms with Crippen molar-refractivity contribution in [3.8, 4) is 0 Å². The van der Waals surface area contributed by atoms with Gasteiger partial charge in [-0.15, -0.1) is 10.2 Å². The number of hydrogen-bond donors (Lipinski definition) is 3. The van der Waals surface area contributed by atoms with Gasteiger partial charge < -0.3 is 25.8 Å². The van der Waals surface area contributed by atoms with E-state index in [9.17, 15) is 5.11 Å². The number of hydrogen-bond acceptors (Lipinski definition) is 8. The minimum absolute atomic E-state index is 0.113. The molecule has 0 spiro atoms. The highest BCUT2D eigenvalue weighted by Gasteiger charge is 2.29. The van der Waals surface area contributed by atoms with Crippen molar-refractivity contribution in [2.45, 2.75) is 12.1 Å². The smallest absolute Gasteiger partial charge is 0.247 e. The van der Waals surface area contributed by atoms with Gasteiger partial charge in [0.2, 0.25) is 5.95 Å². The van der Waals surface area contributed by atoms with E-state index in [1.54, 1.807) is 7.11 Å². The molecular weight excluding hydrogens is 272 g/mol. The molecule has 0 bridgehead atoms. The molecule has 1 unspecified atom stereocenters. The molecule has 0 saturated carbocycles. The first-order valence-electron chi connectivity index (χ1n) is 5.91. The van der Waals surface area contributed by atoms with Gasteiger partial charge in [0, 0.05) is 32.8 Å². The maximum Gasteiger partial charge on any atom is 0.247 e. The van der Waals surface area contributed by atoms with Crippen LogP contribution in [-0.4, -0.2) is 65.8 Å². The van der Waals surface area contributed by atoms with E-state index in [1.165, 1.54) is 0 Å². The Bertz CT molecular complexity index is 428. The zero-order valence-corrected chi connectivity index (χ0v) is 11.3. The maximum absolute atomic E-state index is 9.50. The van der Waals surface area contributed by atoms with E-state index < -0.39 is 6.10 Å². The maximum atomic E-state index is 9.50. The van der Waals surface area contributed by atoms with Crippen molar-refractivity contribution in [3.05, 3.63) is 5.15 Å². The van der Waals surface area contributed by atoms with E-state index >= 15 is 0 Å². The lowest BCUT2D eigenvalue weighted by molar-refractivity contribution is 0.0619. The predicted molar refractivity (Wildman–Crippen MR) is 71.1 cm³/mol. The molecule has 106 valence electrons. The minimum atomic E-state index is -0.497. The Morgan fingerprint density at radius 2 is 2.32 bits per heavy atom. The Morgan fingerprint density at radius 3 is 2.95 bits per heavy atom. The zero-order chi connectivity index (χ0) is 13.8. The largest absolute Gasteiger partial charge is 0.389 e. The molecule has 8 nitrogen and oxygen atoms in total. The van der Waals surface area contributed by atoms with Crippen molar-refractivity contribution in [3.63, 3.8) is 0 Å². The van der Waals surface area contributed by atoms with Gasteiger partial charge in [-0.05, 0) is 0 Å². The summed E-state index contributed by atoms with van der Waals surface area (Å²) in [5.41, 5.74) is 5.57. The van der Waals surface area contributed by atoms with Gasteiger partial charge in [0.25, 0.3) is 0 Å². The lowest BCUT2D eigenvalue weighted by Gasteiger charge is -2.39. The van der Waals surface area contributed by atoms with Crippen LogP contribution < -0.4 is 16.0 Å². The summed E-state index contributed by atoms with van der Waals surface area (Å²) in [6.45, 7) is 2.29. The average Bonchev–Trinajstić information content (AvgIpc) is 2.32. The molecule has 0 aromatic carbocycles. The van der Waals surface area contributed by atoms with Crippen LogP contribution >= 0.6 is 11.6 Å². The van der Waals surface area contributed by atoms with Gasteiger partial charge in [0.05, 0.1) is 12.7 Å². The first-order chi connectivity index (χ1) is 9.10.